The monoisotopic (exact) mass is 1510 g/mol. The lowest BCUT2D eigenvalue weighted by Gasteiger charge is -2.21. The fraction of sp³-hybridized carbons (Fsp3) is 0.952. The van der Waals surface area contributed by atoms with Crippen LogP contribution in [0.15, 0.2) is 0 Å². The molecule has 17 nitrogen and oxygen atoms in total. The largest absolute Gasteiger partial charge is 0.472 e. The van der Waals surface area contributed by atoms with Gasteiger partial charge in [-0.3, -0.25) is 37.3 Å². The maximum atomic E-state index is 13.1. The number of aliphatic hydroxyl groups excluding tert-OH is 1. The van der Waals surface area contributed by atoms with Crippen LogP contribution in [0.5, 0.6) is 0 Å². The molecular formula is C84H164O17P2. The Morgan fingerprint density at radius 2 is 0.466 bits per heavy atom. The average molecular weight is 1510 g/mol. The van der Waals surface area contributed by atoms with Crippen LogP contribution in [-0.4, -0.2) is 96.7 Å². The summed E-state index contributed by atoms with van der Waals surface area (Å²) in [5, 5.41) is 10.7. The van der Waals surface area contributed by atoms with Gasteiger partial charge in [-0.25, -0.2) is 9.13 Å². The van der Waals surface area contributed by atoms with Crippen LogP contribution in [0.25, 0.3) is 0 Å². The third-order valence-corrected chi connectivity index (χ3v) is 21.8. The Morgan fingerprint density at radius 3 is 0.689 bits per heavy atom. The standard InChI is InChI=1S/C84H164O17P2/c1-9-77(8)63-55-47-39-30-23-19-16-17-20-24-31-40-48-56-64-81(86)94-70-79(100-83(88)66-58-50-42-32-25-21-15-13-11-10-12-14-18-22-28-36-44-52-60-74(2)3)72-98-102(90,91)96-68-78(85)69-97-103(92,93)99-73-80(71-95-82(87)65-57-49-41-35-34-38-46-54-62-76(6)7)101-84(89)67-59-51-43-33-27-26-29-37-45-53-61-75(4)5/h74-80,85H,9-73H2,1-8H3,(H,90,91)(H,92,93)/t77?,78?,79-,80-/m1/s1. The zero-order chi connectivity index (χ0) is 76.0. The second-order valence-corrected chi connectivity index (χ2v) is 34.8. The van der Waals surface area contributed by atoms with Crippen LogP contribution in [0.2, 0.25) is 0 Å². The number of phosphoric ester groups is 2. The molecule has 0 saturated heterocycles. The molecule has 4 unspecified atom stereocenters. The number of unbranched alkanes of at least 4 members (excludes halogenated alkanes) is 46. The van der Waals surface area contributed by atoms with E-state index >= 15 is 0 Å². The molecule has 0 aromatic rings. The highest BCUT2D eigenvalue weighted by atomic mass is 31.2. The Bertz CT molecular complexity index is 2010. The number of carbonyl (C=O) groups excluding carboxylic acids is 4. The van der Waals surface area contributed by atoms with E-state index in [1.165, 1.54) is 238 Å². The molecular weight excluding hydrogens is 1340 g/mol. The maximum Gasteiger partial charge on any atom is 0.472 e. The minimum absolute atomic E-state index is 0.105. The molecule has 103 heavy (non-hydrogen) atoms. The Balaban J connectivity index is 5.24. The highest BCUT2D eigenvalue weighted by Gasteiger charge is 2.30. The summed E-state index contributed by atoms with van der Waals surface area (Å²) in [7, 11) is -9.93. The van der Waals surface area contributed by atoms with E-state index in [0.717, 1.165) is 114 Å². The number of hydrogen-bond acceptors (Lipinski definition) is 15. The van der Waals surface area contributed by atoms with E-state index in [1.54, 1.807) is 0 Å². The minimum Gasteiger partial charge on any atom is -0.462 e. The molecule has 0 amide bonds. The molecule has 0 spiro atoms. The second-order valence-electron chi connectivity index (χ2n) is 31.9. The molecule has 19 heteroatoms. The topological polar surface area (TPSA) is 237 Å². The summed E-state index contributed by atoms with van der Waals surface area (Å²) in [6.07, 6.45) is 61.1. The van der Waals surface area contributed by atoms with Gasteiger partial charge in [0, 0.05) is 25.7 Å². The van der Waals surface area contributed by atoms with Gasteiger partial charge >= 0.3 is 39.5 Å². The fourth-order valence-corrected chi connectivity index (χ4v) is 14.5. The Morgan fingerprint density at radius 1 is 0.272 bits per heavy atom. The van der Waals surface area contributed by atoms with Crippen LogP contribution in [0.3, 0.4) is 0 Å². The minimum atomic E-state index is -4.97. The lowest BCUT2D eigenvalue weighted by atomic mass is 9.99. The van der Waals surface area contributed by atoms with Crippen LogP contribution in [0.4, 0.5) is 0 Å². The highest BCUT2D eigenvalue weighted by molar-refractivity contribution is 7.47. The molecule has 3 N–H and O–H groups in total. The van der Waals surface area contributed by atoms with Crippen molar-refractivity contribution in [1.29, 1.82) is 0 Å². The van der Waals surface area contributed by atoms with Crippen molar-refractivity contribution < 1.29 is 80.2 Å². The smallest absolute Gasteiger partial charge is 0.462 e. The number of hydrogen-bond donors (Lipinski definition) is 3. The van der Waals surface area contributed by atoms with Gasteiger partial charge < -0.3 is 33.8 Å². The Kier molecular flexibility index (Phi) is 71.5. The molecule has 612 valence electrons. The van der Waals surface area contributed by atoms with E-state index in [4.69, 9.17) is 37.0 Å². The molecule has 0 aliphatic rings. The van der Waals surface area contributed by atoms with Crippen molar-refractivity contribution in [2.75, 3.05) is 39.6 Å². The summed E-state index contributed by atoms with van der Waals surface area (Å²) < 4.78 is 68.8. The van der Waals surface area contributed by atoms with E-state index in [9.17, 15) is 43.2 Å². The van der Waals surface area contributed by atoms with Crippen molar-refractivity contribution in [3.63, 3.8) is 0 Å². The summed E-state index contributed by atoms with van der Waals surface area (Å²) in [5.74, 6) is 1.04. The maximum absolute atomic E-state index is 13.1. The molecule has 0 bridgehead atoms. The number of phosphoric acid groups is 2. The van der Waals surface area contributed by atoms with Gasteiger partial charge in [0.15, 0.2) is 12.2 Å². The molecule has 0 aromatic heterocycles. The van der Waals surface area contributed by atoms with Gasteiger partial charge in [0.25, 0.3) is 0 Å². The Labute approximate surface area is 632 Å². The number of rotatable bonds is 81. The number of carbonyl (C=O) groups is 4. The first-order valence-electron chi connectivity index (χ1n) is 43.2. The second kappa shape index (κ2) is 72.9. The van der Waals surface area contributed by atoms with Crippen molar-refractivity contribution in [3.8, 4) is 0 Å². The van der Waals surface area contributed by atoms with Gasteiger partial charge in [-0.1, -0.05) is 383 Å². The normalized spacial score (nSPS) is 14.2. The third-order valence-electron chi connectivity index (χ3n) is 19.9. The van der Waals surface area contributed by atoms with Crippen LogP contribution in [-0.2, 0) is 65.4 Å². The van der Waals surface area contributed by atoms with E-state index in [-0.39, 0.29) is 25.7 Å². The lowest BCUT2D eigenvalue weighted by Crippen LogP contribution is -2.30. The molecule has 0 saturated carbocycles. The quantitative estimate of drug-likeness (QED) is 0.0222. The summed E-state index contributed by atoms with van der Waals surface area (Å²) >= 11 is 0. The summed E-state index contributed by atoms with van der Waals surface area (Å²) in [5.41, 5.74) is 0. The SMILES string of the molecule is CCC(C)CCCCCCCCCCCCCCCCC(=O)OC[C@H](COP(=O)(O)OCC(O)COP(=O)(O)OC[C@@H](COC(=O)CCCCCCCCCCC(C)C)OC(=O)CCCCCCCCCCCCC(C)C)OC(=O)CCCCCCCCCCCCCCCCCCCCC(C)C. The van der Waals surface area contributed by atoms with Crippen molar-refractivity contribution in [2.24, 2.45) is 23.7 Å². The molecule has 0 rings (SSSR count). The number of aliphatic hydroxyl groups is 1. The summed E-state index contributed by atoms with van der Waals surface area (Å²) in [6.45, 7) is 14.3. The van der Waals surface area contributed by atoms with Crippen LogP contribution in [0.1, 0.15) is 434 Å². The van der Waals surface area contributed by atoms with E-state index in [2.05, 4.69) is 55.4 Å². The first-order valence-corrected chi connectivity index (χ1v) is 46.2. The van der Waals surface area contributed by atoms with Crippen molar-refractivity contribution in [3.05, 3.63) is 0 Å². The van der Waals surface area contributed by atoms with Gasteiger partial charge in [-0.05, 0) is 49.4 Å². The zero-order valence-corrected chi connectivity index (χ0v) is 69.7. The molecule has 0 aliphatic heterocycles. The number of esters is 4. The first-order chi connectivity index (χ1) is 49.6. The van der Waals surface area contributed by atoms with Gasteiger partial charge in [-0.15, -0.1) is 0 Å². The van der Waals surface area contributed by atoms with Gasteiger partial charge in [-0.2, -0.15) is 0 Å². The van der Waals surface area contributed by atoms with E-state index < -0.39 is 97.5 Å². The fourth-order valence-electron chi connectivity index (χ4n) is 12.9. The molecule has 0 aliphatic carbocycles. The van der Waals surface area contributed by atoms with E-state index in [0.29, 0.717) is 25.7 Å². The predicted octanol–water partition coefficient (Wildman–Crippen LogP) is 25.2. The predicted molar refractivity (Wildman–Crippen MR) is 423 cm³/mol. The highest BCUT2D eigenvalue weighted by Crippen LogP contribution is 2.45. The van der Waals surface area contributed by atoms with Gasteiger partial charge in [0.1, 0.15) is 19.3 Å². The average Bonchev–Trinajstić information content (AvgIpc) is 0.915. The summed E-state index contributed by atoms with van der Waals surface area (Å²) in [6, 6.07) is 0. The third kappa shape index (κ3) is 76.6. The zero-order valence-electron chi connectivity index (χ0n) is 68.0. The number of ether oxygens (including phenoxy) is 4. The van der Waals surface area contributed by atoms with Crippen LogP contribution in [0, 0.1) is 23.7 Å². The Hall–Kier alpha value is -1.94. The van der Waals surface area contributed by atoms with E-state index in [1.807, 2.05) is 0 Å². The van der Waals surface area contributed by atoms with Crippen LogP contribution < -0.4 is 0 Å². The first kappa shape index (κ1) is 101. The molecule has 0 fully saturated rings. The molecule has 0 heterocycles. The lowest BCUT2D eigenvalue weighted by molar-refractivity contribution is -0.161. The molecule has 0 aromatic carbocycles. The van der Waals surface area contributed by atoms with Gasteiger partial charge in [0.05, 0.1) is 26.4 Å². The summed E-state index contributed by atoms with van der Waals surface area (Å²) in [4.78, 5) is 73.1. The van der Waals surface area contributed by atoms with Crippen LogP contribution >= 0.6 is 15.6 Å². The van der Waals surface area contributed by atoms with Crippen molar-refractivity contribution in [1.82, 2.24) is 0 Å². The van der Waals surface area contributed by atoms with Crippen molar-refractivity contribution in [2.45, 2.75) is 453 Å². The molecule has 0 radical (unpaired) electrons. The van der Waals surface area contributed by atoms with Crippen molar-refractivity contribution >= 4 is 39.5 Å². The van der Waals surface area contributed by atoms with Gasteiger partial charge in [0.2, 0.25) is 0 Å². The molecule has 6 atom stereocenters.